The van der Waals surface area contributed by atoms with Crippen molar-refractivity contribution < 1.29 is 13.2 Å². The van der Waals surface area contributed by atoms with E-state index in [4.69, 9.17) is 0 Å². The molecule has 1 aromatic carbocycles. The Labute approximate surface area is 127 Å². The Hall–Kier alpha value is -1.40. The molecule has 0 saturated carbocycles. The molecule has 0 aromatic heterocycles. The maximum Gasteiger partial charge on any atom is 0.243 e. The Morgan fingerprint density at radius 3 is 2.33 bits per heavy atom. The molecule has 6 heteroatoms. The molecule has 0 saturated heterocycles. The van der Waals surface area contributed by atoms with E-state index in [0.29, 0.717) is 5.56 Å². The molecule has 0 aliphatic heterocycles. The lowest BCUT2D eigenvalue weighted by molar-refractivity contribution is -0.125. The van der Waals surface area contributed by atoms with Crippen LogP contribution >= 0.6 is 0 Å². The average Bonchev–Trinajstić information content (AvgIpc) is 2.39. The molecule has 0 heterocycles. The molecule has 5 nitrogen and oxygen atoms in total. The largest absolute Gasteiger partial charge is 0.352 e. The normalized spacial score (nSPS) is 14.7. The highest BCUT2D eigenvalue weighted by molar-refractivity contribution is 7.88. The third-order valence-corrected chi connectivity index (χ3v) is 4.62. The Morgan fingerprint density at radius 2 is 1.86 bits per heavy atom. The van der Waals surface area contributed by atoms with Crippen LogP contribution in [-0.4, -0.2) is 38.0 Å². The van der Waals surface area contributed by atoms with Crippen molar-refractivity contribution in [2.45, 2.75) is 38.8 Å². The summed E-state index contributed by atoms with van der Waals surface area (Å²) in [6, 6.07) is 8.11. The summed E-state index contributed by atoms with van der Waals surface area (Å²) in [5.41, 5.74) is 0.659. The SMILES string of the molecule is CCC[C@@H](C)NC(=O)[C@H](c1ccccc1)N(C)S(C)(=O)=O. The highest BCUT2D eigenvalue weighted by Gasteiger charge is 2.31. The van der Waals surface area contributed by atoms with Gasteiger partial charge in [-0.15, -0.1) is 0 Å². The molecule has 0 aliphatic rings. The summed E-state index contributed by atoms with van der Waals surface area (Å²) in [5.74, 6) is -0.296. The summed E-state index contributed by atoms with van der Waals surface area (Å²) in [6.07, 6.45) is 2.92. The fourth-order valence-electron chi connectivity index (χ4n) is 2.18. The standard InChI is InChI=1S/C15H24N2O3S/c1-5-9-12(2)16-15(18)14(17(3)21(4,19)20)13-10-7-6-8-11-13/h6-8,10-12,14H,5,9H2,1-4H3,(H,16,18)/t12-,14+/m1/s1. The molecule has 1 amide bonds. The first-order valence-corrected chi connectivity index (χ1v) is 8.90. The zero-order valence-corrected chi connectivity index (χ0v) is 13.9. The highest BCUT2D eigenvalue weighted by atomic mass is 32.2. The van der Waals surface area contributed by atoms with Crippen molar-refractivity contribution in [1.29, 1.82) is 0 Å². The van der Waals surface area contributed by atoms with Crippen LogP contribution in [0.25, 0.3) is 0 Å². The lowest BCUT2D eigenvalue weighted by Gasteiger charge is -2.27. The molecule has 0 bridgehead atoms. The molecule has 0 radical (unpaired) electrons. The van der Waals surface area contributed by atoms with E-state index in [1.807, 2.05) is 19.9 Å². The fraction of sp³-hybridized carbons (Fsp3) is 0.533. The van der Waals surface area contributed by atoms with Gasteiger partial charge in [-0.2, -0.15) is 4.31 Å². The van der Waals surface area contributed by atoms with Crippen LogP contribution in [0.3, 0.4) is 0 Å². The fourth-order valence-corrected chi connectivity index (χ4v) is 2.78. The summed E-state index contributed by atoms with van der Waals surface area (Å²) in [5, 5.41) is 2.89. The van der Waals surface area contributed by atoms with E-state index in [0.717, 1.165) is 23.4 Å². The zero-order chi connectivity index (χ0) is 16.0. The van der Waals surface area contributed by atoms with Crippen LogP contribution < -0.4 is 5.32 Å². The van der Waals surface area contributed by atoms with Gasteiger partial charge in [0.2, 0.25) is 15.9 Å². The molecule has 0 unspecified atom stereocenters. The highest BCUT2D eigenvalue weighted by Crippen LogP contribution is 2.22. The molecule has 1 rings (SSSR count). The minimum Gasteiger partial charge on any atom is -0.352 e. The molecule has 1 aromatic rings. The van der Waals surface area contributed by atoms with Crippen molar-refractivity contribution in [3.05, 3.63) is 35.9 Å². The first kappa shape index (κ1) is 17.7. The maximum absolute atomic E-state index is 12.5. The molecular formula is C15H24N2O3S. The van der Waals surface area contributed by atoms with Crippen LogP contribution in [0.5, 0.6) is 0 Å². The molecule has 118 valence electrons. The van der Waals surface area contributed by atoms with Crippen LogP contribution in [0.1, 0.15) is 38.3 Å². The van der Waals surface area contributed by atoms with Crippen molar-refractivity contribution in [3.63, 3.8) is 0 Å². The third-order valence-electron chi connectivity index (χ3n) is 3.36. The van der Waals surface area contributed by atoms with E-state index in [1.54, 1.807) is 24.3 Å². The van der Waals surface area contributed by atoms with Crippen LogP contribution in [0.2, 0.25) is 0 Å². The van der Waals surface area contributed by atoms with E-state index < -0.39 is 16.1 Å². The number of nitrogens with one attached hydrogen (secondary N) is 1. The Balaban J connectivity index is 3.06. The molecule has 1 N–H and O–H groups in total. The number of likely N-dealkylation sites (N-methyl/N-ethyl adjacent to an activating group) is 1. The molecular weight excluding hydrogens is 288 g/mol. The zero-order valence-electron chi connectivity index (χ0n) is 13.0. The van der Waals surface area contributed by atoms with Gasteiger partial charge in [0.15, 0.2) is 0 Å². The lowest BCUT2D eigenvalue weighted by Crippen LogP contribution is -2.44. The second kappa shape index (κ2) is 7.56. The van der Waals surface area contributed by atoms with Crippen molar-refractivity contribution in [3.8, 4) is 0 Å². The lowest BCUT2D eigenvalue weighted by atomic mass is 10.1. The van der Waals surface area contributed by atoms with Crippen LogP contribution in [-0.2, 0) is 14.8 Å². The van der Waals surface area contributed by atoms with Gasteiger partial charge in [-0.05, 0) is 18.9 Å². The van der Waals surface area contributed by atoms with E-state index in [2.05, 4.69) is 5.32 Å². The molecule has 2 atom stereocenters. The second-order valence-electron chi connectivity index (χ2n) is 5.29. The first-order chi connectivity index (χ1) is 9.77. The van der Waals surface area contributed by atoms with Crippen molar-refractivity contribution in [1.82, 2.24) is 9.62 Å². The predicted octanol–water partition coefficient (Wildman–Crippen LogP) is 1.92. The molecule has 21 heavy (non-hydrogen) atoms. The Morgan fingerprint density at radius 1 is 1.29 bits per heavy atom. The Kier molecular flexibility index (Phi) is 6.36. The van der Waals surface area contributed by atoms with Gasteiger partial charge in [0.25, 0.3) is 0 Å². The summed E-state index contributed by atoms with van der Waals surface area (Å²) >= 11 is 0. The van der Waals surface area contributed by atoms with E-state index >= 15 is 0 Å². The van der Waals surface area contributed by atoms with Crippen LogP contribution in [0.4, 0.5) is 0 Å². The van der Waals surface area contributed by atoms with Gasteiger partial charge in [0.1, 0.15) is 6.04 Å². The number of nitrogens with zero attached hydrogens (tertiary/aromatic N) is 1. The molecule has 0 aliphatic carbocycles. The van der Waals surface area contributed by atoms with Crippen molar-refractivity contribution >= 4 is 15.9 Å². The number of sulfonamides is 1. The molecule has 0 spiro atoms. The summed E-state index contributed by atoms with van der Waals surface area (Å²) in [7, 11) is -2.04. The first-order valence-electron chi connectivity index (χ1n) is 7.05. The average molecular weight is 312 g/mol. The van der Waals surface area contributed by atoms with Gasteiger partial charge in [-0.1, -0.05) is 43.7 Å². The Bertz CT molecular complexity index is 558. The number of carbonyl (C=O) groups is 1. The van der Waals surface area contributed by atoms with E-state index in [-0.39, 0.29) is 11.9 Å². The molecule has 0 fully saturated rings. The van der Waals surface area contributed by atoms with Crippen molar-refractivity contribution in [2.75, 3.05) is 13.3 Å². The van der Waals surface area contributed by atoms with E-state index in [1.165, 1.54) is 7.05 Å². The smallest absolute Gasteiger partial charge is 0.243 e. The topological polar surface area (TPSA) is 66.5 Å². The number of hydrogen-bond acceptors (Lipinski definition) is 3. The summed E-state index contributed by atoms with van der Waals surface area (Å²) < 4.78 is 24.7. The third kappa shape index (κ3) is 5.13. The van der Waals surface area contributed by atoms with Crippen LogP contribution in [0.15, 0.2) is 30.3 Å². The summed E-state index contributed by atoms with van der Waals surface area (Å²) in [4.78, 5) is 12.5. The quantitative estimate of drug-likeness (QED) is 0.836. The minimum absolute atomic E-state index is 0.0154. The van der Waals surface area contributed by atoms with Gasteiger partial charge < -0.3 is 5.32 Å². The van der Waals surface area contributed by atoms with E-state index in [9.17, 15) is 13.2 Å². The second-order valence-corrected chi connectivity index (χ2v) is 7.33. The monoisotopic (exact) mass is 312 g/mol. The van der Waals surface area contributed by atoms with Gasteiger partial charge in [0.05, 0.1) is 6.26 Å². The van der Waals surface area contributed by atoms with Gasteiger partial charge in [0, 0.05) is 13.1 Å². The summed E-state index contributed by atoms with van der Waals surface area (Å²) in [6.45, 7) is 3.96. The predicted molar refractivity (Wildman–Crippen MR) is 84.3 cm³/mol. The van der Waals surface area contributed by atoms with Gasteiger partial charge in [-0.3, -0.25) is 4.79 Å². The number of rotatable bonds is 7. The van der Waals surface area contributed by atoms with Crippen molar-refractivity contribution in [2.24, 2.45) is 0 Å². The van der Waals surface area contributed by atoms with Gasteiger partial charge in [-0.25, -0.2) is 8.42 Å². The number of carbonyl (C=O) groups excluding carboxylic acids is 1. The minimum atomic E-state index is -3.47. The number of amides is 1. The maximum atomic E-state index is 12.5. The van der Waals surface area contributed by atoms with Gasteiger partial charge >= 0.3 is 0 Å². The number of hydrogen-bond donors (Lipinski definition) is 1. The van der Waals surface area contributed by atoms with Crippen LogP contribution in [0, 0.1) is 0 Å². The number of benzene rings is 1.